The largest absolute Gasteiger partial charge is 0.377 e. The van der Waals surface area contributed by atoms with Crippen molar-refractivity contribution in [2.24, 2.45) is 0 Å². The average molecular weight is 331 g/mol. The molecule has 2 fully saturated rings. The van der Waals surface area contributed by atoms with Gasteiger partial charge < -0.3 is 14.5 Å². The number of ether oxygens (including phenoxy) is 1. The van der Waals surface area contributed by atoms with Gasteiger partial charge in [0.05, 0.1) is 6.10 Å². The highest BCUT2D eigenvalue weighted by Gasteiger charge is 2.26. The van der Waals surface area contributed by atoms with Crippen LogP contribution in [0.5, 0.6) is 0 Å². The fourth-order valence-electron chi connectivity index (χ4n) is 3.82. The van der Waals surface area contributed by atoms with E-state index in [1.54, 1.807) is 6.20 Å². The highest BCUT2D eigenvalue weighted by molar-refractivity contribution is 5.95. The number of piperidine rings is 2. The number of likely N-dealkylation sites (tertiary alicyclic amines) is 1. The summed E-state index contributed by atoms with van der Waals surface area (Å²) in [5.41, 5.74) is 0.745. The Morgan fingerprint density at radius 3 is 2.96 bits per heavy atom. The van der Waals surface area contributed by atoms with E-state index in [1.807, 2.05) is 24.0 Å². The molecule has 132 valence electrons. The van der Waals surface area contributed by atoms with E-state index in [4.69, 9.17) is 4.74 Å². The Kier molecular flexibility index (Phi) is 5.72. The van der Waals surface area contributed by atoms with Crippen LogP contribution in [0.4, 0.5) is 5.82 Å². The standard InChI is InChI=1S/C19H29N3O2/c1-3-24-17-8-6-11-21(14-17)19(23)16-9-10-20-18(13-16)22-12-5-4-7-15(22)2/h9-10,13,15,17H,3-8,11-12,14H2,1-2H3/t15-,17+/m0/s1. The first-order chi connectivity index (χ1) is 11.7. The molecule has 0 N–H and O–H groups in total. The van der Waals surface area contributed by atoms with Gasteiger partial charge in [-0.05, 0) is 58.1 Å². The summed E-state index contributed by atoms with van der Waals surface area (Å²) in [6.45, 7) is 7.51. The van der Waals surface area contributed by atoms with Crippen LogP contribution in [0.3, 0.4) is 0 Å². The summed E-state index contributed by atoms with van der Waals surface area (Å²) in [6, 6.07) is 4.30. The number of amides is 1. The average Bonchev–Trinajstić information content (AvgIpc) is 2.62. The predicted octanol–water partition coefficient (Wildman–Crippen LogP) is 3.10. The minimum Gasteiger partial charge on any atom is -0.377 e. The summed E-state index contributed by atoms with van der Waals surface area (Å²) in [4.78, 5) is 21.7. The second kappa shape index (κ2) is 7.97. The van der Waals surface area contributed by atoms with Gasteiger partial charge in [0.15, 0.2) is 0 Å². The predicted molar refractivity (Wildman–Crippen MR) is 95.4 cm³/mol. The van der Waals surface area contributed by atoms with Crippen LogP contribution in [0.15, 0.2) is 18.3 Å². The van der Waals surface area contributed by atoms with Crippen molar-refractivity contribution in [3.05, 3.63) is 23.9 Å². The molecule has 1 aromatic heterocycles. The molecule has 0 unspecified atom stereocenters. The van der Waals surface area contributed by atoms with E-state index in [1.165, 1.54) is 19.3 Å². The molecule has 0 radical (unpaired) electrons. The number of rotatable bonds is 4. The molecule has 0 aliphatic carbocycles. The normalized spacial score (nSPS) is 24.9. The van der Waals surface area contributed by atoms with Crippen molar-refractivity contribution in [2.75, 3.05) is 31.1 Å². The molecular formula is C19H29N3O2. The lowest BCUT2D eigenvalue weighted by atomic mass is 10.0. The summed E-state index contributed by atoms with van der Waals surface area (Å²) < 4.78 is 5.72. The van der Waals surface area contributed by atoms with Crippen LogP contribution in [0.1, 0.15) is 56.3 Å². The molecule has 2 saturated heterocycles. The van der Waals surface area contributed by atoms with E-state index in [2.05, 4.69) is 16.8 Å². The van der Waals surface area contributed by atoms with Crippen molar-refractivity contribution in [3.8, 4) is 0 Å². The topological polar surface area (TPSA) is 45.7 Å². The van der Waals surface area contributed by atoms with E-state index in [9.17, 15) is 4.79 Å². The van der Waals surface area contributed by atoms with Gasteiger partial charge >= 0.3 is 0 Å². The molecular weight excluding hydrogens is 302 g/mol. The van der Waals surface area contributed by atoms with Crippen molar-refractivity contribution < 1.29 is 9.53 Å². The summed E-state index contributed by atoms with van der Waals surface area (Å²) in [5.74, 6) is 1.04. The van der Waals surface area contributed by atoms with Crippen molar-refractivity contribution in [1.29, 1.82) is 0 Å². The molecule has 3 rings (SSSR count). The molecule has 0 saturated carbocycles. The molecule has 3 heterocycles. The quantitative estimate of drug-likeness (QED) is 0.850. The molecule has 0 bridgehead atoms. The van der Waals surface area contributed by atoms with Crippen LogP contribution >= 0.6 is 0 Å². The van der Waals surface area contributed by atoms with Gasteiger partial charge in [0.2, 0.25) is 0 Å². The number of hydrogen-bond donors (Lipinski definition) is 0. The van der Waals surface area contributed by atoms with Gasteiger partial charge in [0.25, 0.3) is 5.91 Å². The van der Waals surface area contributed by atoms with Gasteiger partial charge in [-0.15, -0.1) is 0 Å². The third-order valence-corrected chi connectivity index (χ3v) is 5.16. The Balaban J connectivity index is 1.72. The molecule has 0 aromatic carbocycles. The highest BCUT2D eigenvalue weighted by Crippen LogP contribution is 2.24. The van der Waals surface area contributed by atoms with Crippen LogP contribution < -0.4 is 4.90 Å². The molecule has 2 aliphatic heterocycles. The maximum absolute atomic E-state index is 12.9. The maximum atomic E-state index is 12.9. The Morgan fingerprint density at radius 2 is 2.17 bits per heavy atom. The Labute approximate surface area is 145 Å². The second-order valence-electron chi connectivity index (χ2n) is 6.91. The lowest BCUT2D eigenvalue weighted by molar-refractivity contribution is 0.00724. The van der Waals surface area contributed by atoms with E-state index in [0.29, 0.717) is 19.2 Å². The van der Waals surface area contributed by atoms with Gasteiger partial charge in [0.1, 0.15) is 5.82 Å². The first-order valence-electron chi connectivity index (χ1n) is 9.32. The van der Waals surface area contributed by atoms with Crippen LogP contribution in [0, 0.1) is 0 Å². The SMILES string of the molecule is CCO[C@@H]1CCCN(C(=O)c2ccnc(N3CCCC[C@@H]3C)c2)C1. The van der Waals surface area contributed by atoms with Crippen molar-refractivity contribution in [1.82, 2.24) is 9.88 Å². The number of aromatic nitrogens is 1. The van der Waals surface area contributed by atoms with Gasteiger partial charge in [-0.2, -0.15) is 0 Å². The van der Waals surface area contributed by atoms with Crippen LogP contribution in [-0.4, -0.2) is 54.2 Å². The zero-order valence-corrected chi connectivity index (χ0v) is 14.9. The number of hydrogen-bond acceptors (Lipinski definition) is 4. The molecule has 2 aliphatic rings. The van der Waals surface area contributed by atoms with Crippen molar-refractivity contribution in [3.63, 3.8) is 0 Å². The smallest absolute Gasteiger partial charge is 0.254 e. The third kappa shape index (κ3) is 3.89. The van der Waals surface area contributed by atoms with E-state index < -0.39 is 0 Å². The number of anilines is 1. The van der Waals surface area contributed by atoms with E-state index in [-0.39, 0.29) is 12.0 Å². The highest BCUT2D eigenvalue weighted by atomic mass is 16.5. The van der Waals surface area contributed by atoms with Gasteiger partial charge in [-0.1, -0.05) is 0 Å². The van der Waals surface area contributed by atoms with Crippen molar-refractivity contribution >= 4 is 11.7 Å². The van der Waals surface area contributed by atoms with Crippen molar-refractivity contribution in [2.45, 2.75) is 58.1 Å². The van der Waals surface area contributed by atoms with E-state index in [0.717, 1.165) is 37.3 Å². The molecule has 2 atom stereocenters. The number of carbonyl (C=O) groups excluding carboxylic acids is 1. The Hall–Kier alpha value is -1.62. The molecule has 24 heavy (non-hydrogen) atoms. The summed E-state index contributed by atoms with van der Waals surface area (Å²) >= 11 is 0. The summed E-state index contributed by atoms with van der Waals surface area (Å²) in [7, 11) is 0. The minimum absolute atomic E-state index is 0.104. The summed E-state index contributed by atoms with van der Waals surface area (Å²) in [6.07, 6.45) is 7.68. The second-order valence-corrected chi connectivity index (χ2v) is 6.91. The maximum Gasteiger partial charge on any atom is 0.254 e. The first kappa shape index (κ1) is 17.2. The zero-order valence-electron chi connectivity index (χ0n) is 14.9. The molecule has 5 nitrogen and oxygen atoms in total. The van der Waals surface area contributed by atoms with Crippen LogP contribution in [0.2, 0.25) is 0 Å². The molecule has 0 spiro atoms. The number of nitrogens with zero attached hydrogens (tertiary/aromatic N) is 3. The fraction of sp³-hybridized carbons (Fsp3) is 0.684. The first-order valence-corrected chi connectivity index (χ1v) is 9.32. The summed E-state index contributed by atoms with van der Waals surface area (Å²) in [5, 5.41) is 0. The molecule has 1 amide bonds. The fourth-order valence-corrected chi connectivity index (χ4v) is 3.82. The lowest BCUT2D eigenvalue weighted by Crippen LogP contribution is -2.43. The molecule has 5 heteroatoms. The van der Waals surface area contributed by atoms with Gasteiger partial charge in [0, 0.05) is 44.0 Å². The number of carbonyl (C=O) groups is 1. The van der Waals surface area contributed by atoms with E-state index >= 15 is 0 Å². The third-order valence-electron chi connectivity index (χ3n) is 5.16. The molecule has 1 aromatic rings. The van der Waals surface area contributed by atoms with Gasteiger partial charge in [-0.3, -0.25) is 4.79 Å². The number of pyridine rings is 1. The van der Waals surface area contributed by atoms with Gasteiger partial charge in [-0.25, -0.2) is 4.98 Å². The Morgan fingerprint density at radius 1 is 1.29 bits per heavy atom. The monoisotopic (exact) mass is 331 g/mol. The minimum atomic E-state index is 0.104. The lowest BCUT2D eigenvalue weighted by Gasteiger charge is -2.35. The Bertz CT molecular complexity index is 561. The van der Waals surface area contributed by atoms with Crippen LogP contribution in [-0.2, 0) is 4.74 Å². The zero-order chi connectivity index (χ0) is 16.9. The van der Waals surface area contributed by atoms with Crippen LogP contribution in [0.25, 0.3) is 0 Å².